The molecule has 2 aromatic rings. The highest BCUT2D eigenvalue weighted by atomic mass is 19.1. The summed E-state index contributed by atoms with van der Waals surface area (Å²) >= 11 is 0. The van der Waals surface area contributed by atoms with Gasteiger partial charge in [0.2, 0.25) is 0 Å². The minimum absolute atomic E-state index is 0.0243. The zero-order valence-corrected chi connectivity index (χ0v) is 10.3. The summed E-state index contributed by atoms with van der Waals surface area (Å²) in [6.07, 6.45) is 0. The summed E-state index contributed by atoms with van der Waals surface area (Å²) in [4.78, 5) is 0. The first-order valence-electron chi connectivity index (χ1n) is 5.80. The van der Waals surface area contributed by atoms with Gasteiger partial charge in [0.05, 0.1) is 0 Å². The highest BCUT2D eigenvalue weighted by Crippen LogP contribution is 2.32. The molecule has 0 saturated carbocycles. The Balaban J connectivity index is 2.41. The molecule has 0 N–H and O–H groups in total. The molecule has 2 aromatic carbocycles. The van der Waals surface area contributed by atoms with Crippen LogP contribution in [0.2, 0.25) is 0 Å². The Kier molecular flexibility index (Phi) is 3.60. The van der Waals surface area contributed by atoms with Crippen LogP contribution in [0.25, 0.3) is 0 Å². The van der Waals surface area contributed by atoms with Crippen LogP contribution in [0, 0.1) is 11.6 Å². The van der Waals surface area contributed by atoms with E-state index in [1.54, 1.807) is 24.3 Å². The largest absolute Gasteiger partial charge is 0.451 e. The van der Waals surface area contributed by atoms with Gasteiger partial charge in [-0.15, -0.1) is 0 Å². The molecule has 0 spiro atoms. The lowest BCUT2D eigenvalue weighted by Crippen LogP contribution is -1.99. The average Bonchev–Trinajstić information content (AvgIpc) is 2.35. The zero-order chi connectivity index (χ0) is 13.1. The van der Waals surface area contributed by atoms with Gasteiger partial charge in [0.15, 0.2) is 17.4 Å². The molecule has 0 aliphatic heterocycles. The van der Waals surface area contributed by atoms with Crippen LogP contribution in [0.4, 0.5) is 8.78 Å². The Bertz CT molecular complexity index is 536. The molecule has 2 rings (SSSR count). The Hall–Kier alpha value is -1.90. The van der Waals surface area contributed by atoms with Crippen LogP contribution in [0.3, 0.4) is 0 Å². The van der Waals surface area contributed by atoms with E-state index in [9.17, 15) is 8.78 Å². The van der Waals surface area contributed by atoms with Gasteiger partial charge in [0.25, 0.3) is 0 Å². The Morgan fingerprint density at radius 2 is 1.61 bits per heavy atom. The molecule has 3 heteroatoms. The van der Waals surface area contributed by atoms with E-state index in [1.807, 2.05) is 19.9 Å². The maximum Gasteiger partial charge on any atom is 0.198 e. The van der Waals surface area contributed by atoms with E-state index in [0.29, 0.717) is 11.3 Å². The molecule has 0 unspecified atom stereocenters. The molecule has 0 aliphatic carbocycles. The van der Waals surface area contributed by atoms with Crippen LogP contribution in [-0.2, 0) is 0 Å². The van der Waals surface area contributed by atoms with Crippen molar-refractivity contribution in [3.8, 4) is 11.5 Å². The maximum absolute atomic E-state index is 14.1. The first-order chi connectivity index (χ1) is 8.59. The Morgan fingerprint density at radius 3 is 2.22 bits per heavy atom. The highest BCUT2D eigenvalue weighted by Gasteiger charge is 2.17. The van der Waals surface area contributed by atoms with Gasteiger partial charge in [0.1, 0.15) is 5.75 Å². The highest BCUT2D eigenvalue weighted by molar-refractivity contribution is 5.38. The zero-order valence-electron chi connectivity index (χ0n) is 10.3. The number of halogens is 2. The third-order valence-corrected chi connectivity index (χ3v) is 2.66. The van der Waals surface area contributed by atoms with Crippen molar-refractivity contribution in [3.05, 3.63) is 59.7 Å². The van der Waals surface area contributed by atoms with Gasteiger partial charge in [-0.3, -0.25) is 0 Å². The number of hydrogen-bond acceptors (Lipinski definition) is 1. The molecule has 0 aliphatic rings. The van der Waals surface area contributed by atoms with Crippen molar-refractivity contribution in [2.75, 3.05) is 0 Å². The van der Waals surface area contributed by atoms with E-state index in [2.05, 4.69) is 0 Å². The minimum Gasteiger partial charge on any atom is -0.451 e. The molecule has 1 nitrogen and oxygen atoms in total. The summed E-state index contributed by atoms with van der Waals surface area (Å²) < 4.78 is 33.0. The predicted molar refractivity (Wildman–Crippen MR) is 67.0 cm³/mol. The fourth-order valence-electron chi connectivity index (χ4n) is 1.69. The number of hydrogen-bond donors (Lipinski definition) is 0. The van der Waals surface area contributed by atoms with Gasteiger partial charge in [0, 0.05) is 0 Å². The van der Waals surface area contributed by atoms with E-state index < -0.39 is 11.6 Å². The summed E-state index contributed by atoms with van der Waals surface area (Å²) in [5.74, 6) is -1.28. The molecular weight excluding hydrogens is 234 g/mol. The average molecular weight is 248 g/mol. The van der Waals surface area contributed by atoms with Crippen LogP contribution < -0.4 is 4.74 Å². The monoisotopic (exact) mass is 248 g/mol. The first-order valence-corrected chi connectivity index (χ1v) is 5.80. The fourth-order valence-corrected chi connectivity index (χ4v) is 1.69. The van der Waals surface area contributed by atoms with Gasteiger partial charge in [-0.1, -0.05) is 38.1 Å². The van der Waals surface area contributed by atoms with Gasteiger partial charge in [-0.2, -0.15) is 0 Å². The minimum atomic E-state index is -0.694. The van der Waals surface area contributed by atoms with Crippen molar-refractivity contribution >= 4 is 0 Å². The van der Waals surface area contributed by atoms with Gasteiger partial charge in [-0.25, -0.2) is 8.78 Å². The molecule has 0 bridgehead atoms. The van der Waals surface area contributed by atoms with E-state index in [-0.39, 0.29) is 11.7 Å². The number of rotatable bonds is 3. The summed E-state index contributed by atoms with van der Waals surface area (Å²) in [7, 11) is 0. The van der Waals surface area contributed by atoms with Crippen LogP contribution in [0.1, 0.15) is 25.3 Å². The van der Waals surface area contributed by atoms with Gasteiger partial charge in [-0.05, 0) is 29.7 Å². The van der Waals surface area contributed by atoms with Crippen molar-refractivity contribution < 1.29 is 13.5 Å². The van der Waals surface area contributed by atoms with Crippen molar-refractivity contribution in [1.29, 1.82) is 0 Å². The molecule has 0 fully saturated rings. The molecule has 18 heavy (non-hydrogen) atoms. The normalized spacial score (nSPS) is 10.7. The van der Waals surface area contributed by atoms with Crippen LogP contribution >= 0.6 is 0 Å². The lowest BCUT2D eigenvalue weighted by Gasteiger charge is -2.12. The Morgan fingerprint density at radius 1 is 0.944 bits per heavy atom. The standard InChI is InChI=1S/C15H14F2O/c1-10(2)12-8-9-13(16)15(14(12)17)18-11-6-4-3-5-7-11/h3-10H,1-2H3. The summed E-state index contributed by atoms with van der Waals surface area (Å²) in [6, 6.07) is 11.3. The van der Waals surface area contributed by atoms with E-state index in [1.165, 1.54) is 12.1 Å². The quantitative estimate of drug-likeness (QED) is 0.752. The summed E-state index contributed by atoms with van der Waals surface area (Å²) in [5.41, 5.74) is 0.447. The molecule has 0 heterocycles. The van der Waals surface area contributed by atoms with Crippen molar-refractivity contribution in [2.45, 2.75) is 19.8 Å². The predicted octanol–water partition coefficient (Wildman–Crippen LogP) is 4.88. The third-order valence-electron chi connectivity index (χ3n) is 2.66. The lowest BCUT2D eigenvalue weighted by molar-refractivity contribution is 0.402. The summed E-state index contributed by atoms with van der Waals surface area (Å²) in [6.45, 7) is 3.70. The molecule has 0 amide bonds. The molecule has 0 radical (unpaired) electrons. The number of para-hydroxylation sites is 1. The van der Waals surface area contributed by atoms with Crippen LogP contribution in [0.5, 0.6) is 11.5 Å². The van der Waals surface area contributed by atoms with Crippen LogP contribution in [-0.4, -0.2) is 0 Å². The number of ether oxygens (including phenoxy) is 1. The van der Waals surface area contributed by atoms with E-state index in [4.69, 9.17) is 4.74 Å². The van der Waals surface area contributed by atoms with E-state index >= 15 is 0 Å². The first kappa shape index (κ1) is 12.6. The lowest BCUT2D eigenvalue weighted by atomic mass is 10.0. The van der Waals surface area contributed by atoms with Crippen molar-refractivity contribution in [3.63, 3.8) is 0 Å². The van der Waals surface area contributed by atoms with Gasteiger partial charge < -0.3 is 4.74 Å². The second-order valence-electron chi connectivity index (χ2n) is 4.35. The van der Waals surface area contributed by atoms with E-state index in [0.717, 1.165) is 0 Å². The molecular formula is C15H14F2O. The topological polar surface area (TPSA) is 9.23 Å². The smallest absolute Gasteiger partial charge is 0.198 e. The SMILES string of the molecule is CC(C)c1ccc(F)c(Oc2ccccc2)c1F. The summed E-state index contributed by atoms with van der Waals surface area (Å²) in [5, 5.41) is 0. The molecule has 0 atom stereocenters. The maximum atomic E-state index is 14.1. The fraction of sp³-hybridized carbons (Fsp3) is 0.200. The molecule has 94 valence electrons. The molecule has 0 aromatic heterocycles. The number of benzene rings is 2. The molecule has 0 saturated heterocycles. The second-order valence-corrected chi connectivity index (χ2v) is 4.35. The van der Waals surface area contributed by atoms with Crippen LogP contribution in [0.15, 0.2) is 42.5 Å². The second kappa shape index (κ2) is 5.17. The van der Waals surface area contributed by atoms with Gasteiger partial charge >= 0.3 is 0 Å². The van der Waals surface area contributed by atoms with Crippen molar-refractivity contribution in [1.82, 2.24) is 0 Å². The Labute approximate surface area is 105 Å². The third kappa shape index (κ3) is 2.50. The van der Waals surface area contributed by atoms with Crippen molar-refractivity contribution in [2.24, 2.45) is 0 Å².